The van der Waals surface area contributed by atoms with E-state index in [1.54, 1.807) is 0 Å². The highest BCUT2D eigenvalue weighted by Crippen LogP contribution is 2.38. The summed E-state index contributed by atoms with van der Waals surface area (Å²) in [5.41, 5.74) is 0.298. The molecule has 2 N–H and O–H groups in total. The van der Waals surface area contributed by atoms with Crippen LogP contribution in [0.25, 0.3) is 0 Å². The van der Waals surface area contributed by atoms with Gasteiger partial charge in [0, 0.05) is 0 Å². The first kappa shape index (κ1) is 12.9. The van der Waals surface area contributed by atoms with Crippen LogP contribution in [0.4, 0.5) is 0 Å². The van der Waals surface area contributed by atoms with E-state index in [1.807, 2.05) is 0 Å². The first-order valence-electron chi connectivity index (χ1n) is 5.39. The minimum Gasteiger partial charge on any atom is -0.255 e. The van der Waals surface area contributed by atoms with E-state index in [4.69, 9.17) is 9.32 Å². The van der Waals surface area contributed by atoms with Crippen molar-refractivity contribution in [1.29, 1.82) is 0 Å². The molecule has 1 rings (SSSR count). The molecule has 1 aliphatic rings. The lowest BCUT2D eigenvalue weighted by Crippen LogP contribution is -2.32. The van der Waals surface area contributed by atoms with Crippen molar-refractivity contribution < 1.29 is 12.6 Å². The maximum atomic E-state index is 10.7. The van der Waals surface area contributed by atoms with E-state index in [-0.39, 0.29) is 6.10 Å². The van der Waals surface area contributed by atoms with Gasteiger partial charge in [0.2, 0.25) is 0 Å². The maximum Gasteiger partial charge on any atom is 0.333 e. The molecule has 15 heavy (non-hydrogen) atoms. The quantitative estimate of drug-likeness (QED) is 0.793. The third-order valence-electron chi connectivity index (χ3n) is 3.17. The Labute approximate surface area is 92.4 Å². The Balaban J connectivity index is 2.43. The van der Waals surface area contributed by atoms with Gasteiger partial charge in [-0.1, -0.05) is 20.8 Å². The van der Waals surface area contributed by atoms with Gasteiger partial charge in [-0.15, -0.1) is 0 Å². The fourth-order valence-electron chi connectivity index (χ4n) is 2.21. The molecule has 0 aromatic heterocycles. The van der Waals surface area contributed by atoms with Gasteiger partial charge >= 0.3 is 10.3 Å². The average Bonchev–Trinajstić information content (AvgIpc) is 2.00. The topological polar surface area (TPSA) is 69.4 Å². The number of hydrogen-bond donors (Lipinski definition) is 1. The van der Waals surface area contributed by atoms with Crippen molar-refractivity contribution in [2.75, 3.05) is 0 Å². The summed E-state index contributed by atoms with van der Waals surface area (Å²) in [6.07, 6.45) is 3.41. The highest BCUT2D eigenvalue weighted by Gasteiger charge is 2.31. The fourth-order valence-corrected chi connectivity index (χ4v) is 2.79. The van der Waals surface area contributed by atoms with Crippen molar-refractivity contribution >= 4 is 10.3 Å². The zero-order chi connectivity index (χ0) is 11.7. The van der Waals surface area contributed by atoms with Gasteiger partial charge in [0.25, 0.3) is 0 Å². The summed E-state index contributed by atoms with van der Waals surface area (Å²) in [4.78, 5) is 0. The van der Waals surface area contributed by atoms with Crippen molar-refractivity contribution in [2.24, 2.45) is 16.5 Å². The molecule has 1 fully saturated rings. The Bertz CT molecular complexity index is 297. The molecule has 0 amide bonds. The first-order valence-corrected chi connectivity index (χ1v) is 6.86. The van der Waals surface area contributed by atoms with Gasteiger partial charge in [-0.3, -0.25) is 4.18 Å². The first-order chi connectivity index (χ1) is 6.68. The van der Waals surface area contributed by atoms with Crippen molar-refractivity contribution in [2.45, 2.75) is 52.6 Å². The summed E-state index contributed by atoms with van der Waals surface area (Å²) >= 11 is 0. The van der Waals surface area contributed by atoms with E-state index in [0.717, 1.165) is 25.7 Å². The van der Waals surface area contributed by atoms with Crippen LogP contribution in [0, 0.1) is 11.3 Å². The van der Waals surface area contributed by atoms with Crippen LogP contribution in [0.1, 0.15) is 46.5 Å². The zero-order valence-corrected chi connectivity index (χ0v) is 10.5. The molecule has 0 atom stereocenters. The molecule has 0 aromatic carbocycles. The predicted octanol–water partition coefficient (Wildman–Crippen LogP) is 1.81. The summed E-state index contributed by atoms with van der Waals surface area (Å²) in [5, 5.41) is 4.84. The molecule has 0 unspecified atom stereocenters. The summed E-state index contributed by atoms with van der Waals surface area (Å²) < 4.78 is 26.3. The molecule has 0 aliphatic heterocycles. The van der Waals surface area contributed by atoms with Gasteiger partial charge < -0.3 is 0 Å². The van der Waals surface area contributed by atoms with Gasteiger partial charge in [-0.25, -0.2) is 5.14 Å². The Morgan fingerprint density at radius 1 is 1.13 bits per heavy atom. The van der Waals surface area contributed by atoms with Crippen molar-refractivity contribution in [3.8, 4) is 0 Å². The standard InChI is InChI=1S/C10H21NO3S/c1-10(2,3)8-4-6-9(7-5-8)14-15(11,12)13/h8-9H,4-7H2,1-3H3,(H2,11,12,13)/t8-,9+. The van der Waals surface area contributed by atoms with Crippen LogP contribution in [-0.2, 0) is 14.5 Å². The second-order valence-corrected chi connectivity index (χ2v) is 6.61. The molecule has 1 aliphatic carbocycles. The van der Waals surface area contributed by atoms with Crippen LogP contribution >= 0.6 is 0 Å². The number of hydrogen-bond acceptors (Lipinski definition) is 3. The van der Waals surface area contributed by atoms with Crippen LogP contribution < -0.4 is 5.14 Å². The predicted molar refractivity (Wildman–Crippen MR) is 59.4 cm³/mol. The van der Waals surface area contributed by atoms with E-state index < -0.39 is 10.3 Å². The zero-order valence-electron chi connectivity index (χ0n) is 9.69. The molecule has 0 spiro atoms. The fraction of sp³-hybridized carbons (Fsp3) is 1.00. The molecule has 0 radical (unpaired) electrons. The van der Waals surface area contributed by atoms with Gasteiger partial charge in [-0.2, -0.15) is 8.42 Å². The summed E-state index contributed by atoms with van der Waals surface area (Å²) in [6.45, 7) is 6.66. The summed E-state index contributed by atoms with van der Waals surface area (Å²) in [5.74, 6) is 0.651. The van der Waals surface area contributed by atoms with Crippen molar-refractivity contribution in [1.82, 2.24) is 0 Å². The van der Waals surface area contributed by atoms with Gasteiger partial charge in [0.1, 0.15) is 0 Å². The normalized spacial score (nSPS) is 29.1. The lowest BCUT2D eigenvalue weighted by atomic mass is 9.72. The van der Waals surface area contributed by atoms with Crippen molar-refractivity contribution in [3.05, 3.63) is 0 Å². The van der Waals surface area contributed by atoms with E-state index in [1.165, 1.54) is 0 Å². The molecule has 1 saturated carbocycles. The van der Waals surface area contributed by atoms with Gasteiger partial charge in [-0.05, 0) is 37.0 Å². The van der Waals surface area contributed by atoms with Crippen molar-refractivity contribution in [3.63, 3.8) is 0 Å². The smallest absolute Gasteiger partial charge is 0.255 e. The number of nitrogens with two attached hydrogens (primary N) is 1. The van der Waals surface area contributed by atoms with Crippen LogP contribution in [-0.4, -0.2) is 14.5 Å². The maximum absolute atomic E-state index is 10.7. The SMILES string of the molecule is CC(C)(C)[C@H]1CC[C@@H](OS(N)(=O)=O)CC1. The Morgan fingerprint density at radius 3 is 1.93 bits per heavy atom. The second-order valence-electron chi connectivity index (χ2n) is 5.43. The molecule has 0 heterocycles. The minimum atomic E-state index is -3.78. The molecular weight excluding hydrogens is 214 g/mol. The molecule has 5 heteroatoms. The summed E-state index contributed by atoms with van der Waals surface area (Å²) in [7, 11) is -3.78. The van der Waals surface area contributed by atoms with E-state index >= 15 is 0 Å². The minimum absolute atomic E-state index is 0.210. The van der Waals surface area contributed by atoms with Crippen LogP contribution in [0.3, 0.4) is 0 Å². The lowest BCUT2D eigenvalue weighted by Gasteiger charge is -2.36. The van der Waals surface area contributed by atoms with Gasteiger partial charge in [0.05, 0.1) is 6.10 Å². The Hall–Kier alpha value is -0.130. The Morgan fingerprint density at radius 2 is 1.60 bits per heavy atom. The van der Waals surface area contributed by atoms with Crippen LogP contribution in [0.15, 0.2) is 0 Å². The summed E-state index contributed by atoms with van der Waals surface area (Å²) in [6, 6.07) is 0. The van der Waals surface area contributed by atoms with Crippen LogP contribution in [0.2, 0.25) is 0 Å². The van der Waals surface area contributed by atoms with E-state index in [2.05, 4.69) is 20.8 Å². The molecule has 0 saturated heterocycles. The molecule has 4 nitrogen and oxygen atoms in total. The van der Waals surface area contributed by atoms with E-state index in [9.17, 15) is 8.42 Å². The van der Waals surface area contributed by atoms with Crippen LogP contribution in [0.5, 0.6) is 0 Å². The molecular formula is C10H21NO3S. The highest BCUT2D eigenvalue weighted by molar-refractivity contribution is 7.84. The lowest BCUT2D eigenvalue weighted by molar-refractivity contribution is 0.0925. The highest BCUT2D eigenvalue weighted by atomic mass is 32.2. The Kier molecular flexibility index (Phi) is 3.79. The molecule has 90 valence electrons. The molecule has 0 aromatic rings. The third-order valence-corrected chi connectivity index (χ3v) is 3.71. The molecule has 0 bridgehead atoms. The second kappa shape index (κ2) is 4.39. The third kappa shape index (κ3) is 4.49. The monoisotopic (exact) mass is 235 g/mol. The van der Waals surface area contributed by atoms with Gasteiger partial charge in [0.15, 0.2) is 0 Å². The van der Waals surface area contributed by atoms with E-state index in [0.29, 0.717) is 11.3 Å². The average molecular weight is 235 g/mol. The largest absolute Gasteiger partial charge is 0.333 e. The number of rotatable bonds is 2.